The van der Waals surface area contributed by atoms with Gasteiger partial charge in [0, 0.05) is 6.42 Å². The van der Waals surface area contributed by atoms with Crippen LogP contribution in [-0.2, 0) is 4.79 Å². The van der Waals surface area contributed by atoms with Gasteiger partial charge in [0.25, 0.3) is 0 Å². The van der Waals surface area contributed by atoms with Gasteiger partial charge < -0.3 is 4.79 Å². The summed E-state index contributed by atoms with van der Waals surface area (Å²) in [6.45, 7) is 5.71. The van der Waals surface area contributed by atoms with Crippen LogP contribution in [0.15, 0.2) is 12.7 Å². The van der Waals surface area contributed by atoms with Gasteiger partial charge in [-0.25, -0.2) is 0 Å². The standard InChI is InChI=1S/C8H13O/c1-3-5-8(2)6-4-7-9/h3-4,7-8H,1,5-6H2,2H3. The Labute approximate surface area is 56.8 Å². The zero-order valence-electron chi connectivity index (χ0n) is 5.84. The molecule has 0 spiro atoms. The second kappa shape index (κ2) is 5.54. The van der Waals surface area contributed by atoms with Gasteiger partial charge in [-0.1, -0.05) is 13.0 Å². The highest BCUT2D eigenvalue weighted by atomic mass is 16.1. The predicted molar refractivity (Wildman–Crippen MR) is 39.0 cm³/mol. The van der Waals surface area contributed by atoms with Crippen LogP contribution in [0.5, 0.6) is 0 Å². The zero-order valence-corrected chi connectivity index (χ0v) is 5.84. The van der Waals surface area contributed by atoms with Crippen LogP contribution in [0, 0.1) is 12.3 Å². The third-order valence-corrected chi connectivity index (χ3v) is 1.20. The van der Waals surface area contributed by atoms with Gasteiger partial charge in [-0.2, -0.15) is 0 Å². The molecule has 1 radical (unpaired) electrons. The number of carbonyl (C=O) groups excluding carboxylic acids is 1. The average Bonchev–Trinajstić information content (AvgIpc) is 1.85. The summed E-state index contributed by atoms with van der Waals surface area (Å²) in [7, 11) is 0. The summed E-state index contributed by atoms with van der Waals surface area (Å²) in [5, 5.41) is 0. The van der Waals surface area contributed by atoms with E-state index in [0.29, 0.717) is 5.92 Å². The van der Waals surface area contributed by atoms with Crippen LogP contribution in [0.3, 0.4) is 0 Å². The minimum absolute atomic E-state index is 0.563. The molecule has 1 atom stereocenters. The molecule has 0 rings (SSSR count). The van der Waals surface area contributed by atoms with Crippen molar-refractivity contribution in [3.63, 3.8) is 0 Å². The second-order valence-electron chi connectivity index (χ2n) is 2.24. The van der Waals surface area contributed by atoms with Gasteiger partial charge in [0.2, 0.25) is 0 Å². The normalized spacial score (nSPS) is 12.6. The molecular weight excluding hydrogens is 112 g/mol. The van der Waals surface area contributed by atoms with E-state index in [9.17, 15) is 4.79 Å². The van der Waals surface area contributed by atoms with E-state index in [0.717, 1.165) is 19.1 Å². The molecule has 0 aromatic rings. The Morgan fingerprint density at radius 2 is 2.22 bits per heavy atom. The lowest BCUT2D eigenvalue weighted by Gasteiger charge is -2.02. The van der Waals surface area contributed by atoms with Crippen molar-refractivity contribution in [3.05, 3.63) is 19.1 Å². The molecule has 0 aliphatic carbocycles. The second-order valence-corrected chi connectivity index (χ2v) is 2.24. The van der Waals surface area contributed by atoms with Crippen LogP contribution in [0.4, 0.5) is 0 Å². The molecule has 0 saturated heterocycles. The topological polar surface area (TPSA) is 17.1 Å². The van der Waals surface area contributed by atoms with Crippen molar-refractivity contribution in [3.8, 4) is 0 Å². The molecule has 0 aromatic heterocycles. The Kier molecular flexibility index (Phi) is 5.18. The molecular formula is C8H13O. The molecule has 9 heavy (non-hydrogen) atoms. The summed E-state index contributed by atoms with van der Waals surface area (Å²) >= 11 is 0. The van der Waals surface area contributed by atoms with Gasteiger partial charge in [-0.15, -0.1) is 6.58 Å². The molecule has 0 aliphatic heterocycles. The highest BCUT2D eigenvalue weighted by Crippen LogP contribution is 2.07. The Morgan fingerprint density at radius 3 is 2.67 bits per heavy atom. The first-order valence-corrected chi connectivity index (χ1v) is 3.19. The zero-order chi connectivity index (χ0) is 7.11. The minimum atomic E-state index is 0.563. The van der Waals surface area contributed by atoms with Crippen molar-refractivity contribution in [1.82, 2.24) is 0 Å². The Balaban J connectivity index is 3.14. The number of allylic oxidation sites excluding steroid dienone is 1. The molecule has 0 bridgehead atoms. The fourth-order valence-corrected chi connectivity index (χ4v) is 0.669. The summed E-state index contributed by atoms with van der Waals surface area (Å²) in [5.41, 5.74) is 0. The molecule has 1 nitrogen and oxygen atoms in total. The summed E-state index contributed by atoms with van der Waals surface area (Å²) in [4.78, 5) is 9.83. The largest absolute Gasteiger partial charge is 0.303 e. The third-order valence-electron chi connectivity index (χ3n) is 1.20. The van der Waals surface area contributed by atoms with Crippen molar-refractivity contribution < 1.29 is 4.79 Å². The van der Waals surface area contributed by atoms with Crippen molar-refractivity contribution in [2.45, 2.75) is 19.8 Å². The molecule has 1 unspecified atom stereocenters. The lowest BCUT2D eigenvalue weighted by Crippen LogP contribution is -1.92. The Bertz CT molecular complexity index is 86.6. The Hall–Kier alpha value is -0.590. The summed E-state index contributed by atoms with van der Waals surface area (Å²) < 4.78 is 0. The molecule has 0 N–H and O–H groups in total. The maximum absolute atomic E-state index is 9.83. The lowest BCUT2D eigenvalue weighted by molar-refractivity contribution is -0.105. The third kappa shape index (κ3) is 5.28. The first-order valence-electron chi connectivity index (χ1n) is 3.19. The fraction of sp³-hybridized carbons (Fsp3) is 0.500. The molecule has 0 amide bonds. The number of hydrogen-bond donors (Lipinski definition) is 0. The van der Waals surface area contributed by atoms with E-state index in [-0.39, 0.29) is 0 Å². The monoisotopic (exact) mass is 125 g/mol. The minimum Gasteiger partial charge on any atom is -0.303 e. The quantitative estimate of drug-likeness (QED) is 0.405. The van der Waals surface area contributed by atoms with Crippen LogP contribution in [0.1, 0.15) is 19.8 Å². The van der Waals surface area contributed by atoms with Crippen LogP contribution in [0.25, 0.3) is 0 Å². The Morgan fingerprint density at radius 1 is 1.56 bits per heavy atom. The van der Waals surface area contributed by atoms with Gasteiger partial charge in [0.05, 0.1) is 0 Å². The number of aldehydes is 1. The van der Waals surface area contributed by atoms with E-state index in [1.54, 1.807) is 6.42 Å². The van der Waals surface area contributed by atoms with E-state index in [1.165, 1.54) is 0 Å². The van der Waals surface area contributed by atoms with Crippen LogP contribution >= 0.6 is 0 Å². The smallest absolute Gasteiger partial charge is 0.123 e. The van der Waals surface area contributed by atoms with Crippen LogP contribution < -0.4 is 0 Å². The molecule has 0 heterocycles. The van der Waals surface area contributed by atoms with Crippen molar-refractivity contribution in [2.75, 3.05) is 0 Å². The van der Waals surface area contributed by atoms with Crippen molar-refractivity contribution >= 4 is 6.29 Å². The molecule has 0 fully saturated rings. The fourth-order valence-electron chi connectivity index (χ4n) is 0.669. The first kappa shape index (κ1) is 8.41. The van der Waals surface area contributed by atoms with E-state index in [2.05, 4.69) is 13.5 Å². The van der Waals surface area contributed by atoms with E-state index < -0.39 is 0 Å². The SMILES string of the molecule is C=CCC(C)C[CH]C=O. The van der Waals surface area contributed by atoms with E-state index in [1.807, 2.05) is 6.08 Å². The highest BCUT2D eigenvalue weighted by Gasteiger charge is 1.96. The van der Waals surface area contributed by atoms with Crippen LogP contribution in [0.2, 0.25) is 0 Å². The lowest BCUT2D eigenvalue weighted by atomic mass is 10.0. The predicted octanol–water partition coefficient (Wildman–Crippen LogP) is 1.99. The van der Waals surface area contributed by atoms with Gasteiger partial charge in [-0.3, -0.25) is 0 Å². The van der Waals surface area contributed by atoms with Gasteiger partial charge in [-0.05, 0) is 18.8 Å². The van der Waals surface area contributed by atoms with Crippen molar-refractivity contribution in [1.29, 1.82) is 0 Å². The van der Waals surface area contributed by atoms with E-state index in [4.69, 9.17) is 0 Å². The van der Waals surface area contributed by atoms with Gasteiger partial charge in [0.15, 0.2) is 0 Å². The highest BCUT2D eigenvalue weighted by molar-refractivity contribution is 5.60. The molecule has 0 aliphatic rings. The van der Waals surface area contributed by atoms with Crippen molar-refractivity contribution in [2.24, 2.45) is 5.92 Å². The van der Waals surface area contributed by atoms with E-state index >= 15 is 0 Å². The van der Waals surface area contributed by atoms with Crippen LogP contribution in [-0.4, -0.2) is 6.29 Å². The molecule has 0 saturated carbocycles. The summed E-state index contributed by atoms with van der Waals surface area (Å²) in [6, 6.07) is 0. The molecule has 0 aromatic carbocycles. The average molecular weight is 125 g/mol. The number of rotatable bonds is 5. The summed E-state index contributed by atoms with van der Waals surface area (Å²) in [6.07, 6.45) is 6.23. The number of carbonyl (C=O) groups is 1. The molecule has 1 heteroatoms. The first-order chi connectivity index (χ1) is 4.31. The maximum atomic E-state index is 9.83. The summed E-state index contributed by atoms with van der Waals surface area (Å²) in [5.74, 6) is 0.563. The maximum Gasteiger partial charge on any atom is 0.123 e. The van der Waals surface area contributed by atoms with Gasteiger partial charge >= 0.3 is 0 Å². The van der Waals surface area contributed by atoms with Gasteiger partial charge in [0.1, 0.15) is 6.29 Å². The molecule has 51 valence electrons. The number of hydrogen-bond acceptors (Lipinski definition) is 1.